The van der Waals surface area contributed by atoms with Crippen molar-refractivity contribution in [3.8, 4) is 0 Å². The summed E-state index contributed by atoms with van der Waals surface area (Å²) in [5.74, 6) is 0.601. The molecule has 1 fully saturated rings. The van der Waals surface area contributed by atoms with Crippen LogP contribution in [0, 0.1) is 0 Å². The third-order valence-electron chi connectivity index (χ3n) is 4.11. The lowest BCUT2D eigenvalue weighted by Crippen LogP contribution is -2.50. The Bertz CT molecular complexity index is 715. The SMILES string of the molecule is CCNC(=NCc1ccc(Cl)cc1)NCCS(=O)(=O)N1CC(C)OC(C)C1. The fourth-order valence-corrected chi connectivity index (χ4v) is 4.51. The highest BCUT2D eigenvalue weighted by Gasteiger charge is 2.30. The molecule has 1 aromatic rings. The van der Waals surface area contributed by atoms with Crippen LogP contribution in [0.25, 0.3) is 0 Å². The minimum atomic E-state index is -3.34. The summed E-state index contributed by atoms with van der Waals surface area (Å²) in [6.45, 7) is 8.01. The van der Waals surface area contributed by atoms with Gasteiger partial charge in [0.25, 0.3) is 0 Å². The fraction of sp³-hybridized carbons (Fsp3) is 0.611. The first kappa shape index (κ1) is 21.9. The Labute approximate surface area is 167 Å². The average Bonchev–Trinajstić information content (AvgIpc) is 2.60. The monoisotopic (exact) mass is 416 g/mol. The lowest BCUT2D eigenvalue weighted by atomic mass is 10.2. The average molecular weight is 417 g/mol. The van der Waals surface area contributed by atoms with Gasteiger partial charge in [-0.1, -0.05) is 23.7 Å². The topological polar surface area (TPSA) is 83.0 Å². The molecule has 0 amide bonds. The molecular weight excluding hydrogens is 388 g/mol. The van der Waals surface area contributed by atoms with E-state index in [-0.39, 0.29) is 24.5 Å². The molecule has 1 aliphatic heterocycles. The van der Waals surface area contributed by atoms with Crippen molar-refractivity contribution < 1.29 is 13.2 Å². The van der Waals surface area contributed by atoms with Gasteiger partial charge in [-0.15, -0.1) is 0 Å². The molecule has 2 unspecified atom stereocenters. The Morgan fingerprint density at radius 2 is 1.85 bits per heavy atom. The number of rotatable bonds is 7. The molecule has 27 heavy (non-hydrogen) atoms. The van der Waals surface area contributed by atoms with Gasteiger partial charge < -0.3 is 15.4 Å². The van der Waals surface area contributed by atoms with Crippen LogP contribution in [0.3, 0.4) is 0 Å². The zero-order valence-electron chi connectivity index (χ0n) is 16.1. The van der Waals surface area contributed by atoms with Crippen molar-refractivity contribution in [3.63, 3.8) is 0 Å². The lowest BCUT2D eigenvalue weighted by molar-refractivity contribution is -0.0440. The Morgan fingerprint density at radius 1 is 1.22 bits per heavy atom. The molecule has 0 bridgehead atoms. The second kappa shape index (κ2) is 10.3. The van der Waals surface area contributed by atoms with E-state index in [2.05, 4.69) is 15.6 Å². The maximum absolute atomic E-state index is 12.6. The van der Waals surface area contributed by atoms with Crippen LogP contribution in [0.15, 0.2) is 29.3 Å². The summed E-state index contributed by atoms with van der Waals surface area (Å²) >= 11 is 5.89. The Balaban J connectivity index is 1.89. The van der Waals surface area contributed by atoms with Crippen LogP contribution in [-0.4, -0.2) is 62.8 Å². The van der Waals surface area contributed by atoms with E-state index >= 15 is 0 Å². The lowest BCUT2D eigenvalue weighted by Gasteiger charge is -2.34. The molecule has 0 aromatic heterocycles. The maximum atomic E-state index is 12.6. The van der Waals surface area contributed by atoms with Gasteiger partial charge in [0.2, 0.25) is 10.0 Å². The fourth-order valence-electron chi connectivity index (χ4n) is 2.89. The summed E-state index contributed by atoms with van der Waals surface area (Å²) in [6, 6.07) is 7.48. The quantitative estimate of drug-likeness (QED) is 0.523. The van der Waals surface area contributed by atoms with Crippen molar-refractivity contribution in [1.82, 2.24) is 14.9 Å². The van der Waals surface area contributed by atoms with Gasteiger partial charge in [0.1, 0.15) is 0 Å². The molecule has 1 saturated heterocycles. The second-order valence-electron chi connectivity index (χ2n) is 6.64. The predicted octanol–water partition coefficient (Wildman–Crippen LogP) is 1.83. The van der Waals surface area contributed by atoms with E-state index < -0.39 is 10.0 Å². The smallest absolute Gasteiger partial charge is 0.216 e. The van der Waals surface area contributed by atoms with Gasteiger partial charge in [-0.05, 0) is 38.5 Å². The molecular formula is C18H29ClN4O3S. The zero-order valence-corrected chi connectivity index (χ0v) is 17.7. The molecule has 7 nitrogen and oxygen atoms in total. The minimum absolute atomic E-state index is 0.0117. The van der Waals surface area contributed by atoms with Crippen LogP contribution in [-0.2, 0) is 21.3 Å². The zero-order chi connectivity index (χ0) is 19.9. The van der Waals surface area contributed by atoms with Crippen molar-refractivity contribution >= 4 is 27.6 Å². The van der Waals surface area contributed by atoms with Gasteiger partial charge in [0.05, 0.1) is 24.5 Å². The minimum Gasteiger partial charge on any atom is -0.373 e. The molecule has 0 spiro atoms. The van der Waals surface area contributed by atoms with Crippen LogP contribution in [0.1, 0.15) is 26.3 Å². The molecule has 0 radical (unpaired) electrons. The highest BCUT2D eigenvalue weighted by atomic mass is 35.5. The molecule has 1 heterocycles. The van der Waals surface area contributed by atoms with Gasteiger partial charge >= 0.3 is 0 Å². The number of ether oxygens (including phenoxy) is 1. The molecule has 0 aliphatic carbocycles. The number of guanidine groups is 1. The number of benzene rings is 1. The van der Waals surface area contributed by atoms with E-state index in [1.165, 1.54) is 4.31 Å². The van der Waals surface area contributed by atoms with E-state index in [4.69, 9.17) is 16.3 Å². The van der Waals surface area contributed by atoms with Crippen LogP contribution < -0.4 is 10.6 Å². The number of aliphatic imine (C=N–C) groups is 1. The van der Waals surface area contributed by atoms with Crippen molar-refractivity contribution in [2.75, 3.05) is 31.9 Å². The normalized spacial score (nSPS) is 21.9. The third-order valence-corrected chi connectivity index (χ3v) is 6.17. The van der Waals surface area contributed by atoms with Crippen molar-refractivity contribution in [2.45, 2.75) is 39.5 Å². The number of hydrogen-bond acceptors (Lipinski definition) is 4. The van der Waals surface area contributed by atoms with Gasteiger partial charge in [0.15, 0.2) is 5.96 Å². The summed E-state index contributed by atoms with van der Waals surface area (Å²) in [5, 5.41) is 6.91. The van der Waals surface area contributed by atoms with Crippen LogP contribution in [0.2, 0.25) is 5.02 Å². The molecule has 1 aliphatic rings. The van der Waals surface area contributed by atoms with Crippen molar-refractivity contribution in [2.24, 2.45) is 4.99 Å². The summed E-state index contributed by atoms with van der Waals surface area (Å²) in [5.41, 5.74) is 1.03. The Morgan fingerprint density at radius 3 is 2.44 bits per heavy atom. The van der Waals surface area contributed by atoms with Gasteiger partial charge in [-0.2, -0.15) is 4.31 Å². The van der Waals surface area contributed by atoms with Gasteiger partial charge in [-0.3, -0.25) is 0 Å². The number of nitrogens with one attached hydrogen (secondary N) is 2. The Hall–Kier alpha value is -1.35. The first-order chi connectivity index (χ1) is 12.8. The molecule has 1 aromatic carbocycles. The number of nitrogens with zero attached hydrogens (tertiary/aromatic N) is 2. The second-order valence-corrected chi connectivity index (χ2v) is 9.16. The molecule has 9 heteroatoms. The maximum Gasteiger partial charge on any atom is 0.216 e. The number of morpholine rings is 1. The first-order valence-electron chi connectivity index (χ1n) is 9.20. The molecule has 0 saturated carbocycles. The van der Waals surface area contributed by atoms with Gasteiger partial charge in [-0.25, -0.2) is 13.4 Å². The number of sulfonamides is 1. The number of hydrogen-bond donors (Lipinski definition) is 2. The van der Waals surface area contributed by atoms with Crippen LogP contribution >= 0.6 is 11.6 Å². The summed E-state index contributed by atoms with van der Waals surface area (Å²) in [4.78, 5) is 4.49. The molecule has 2 atom stereocenters. The third kappa shape index (κ3) is 7.29. The highest BCUT2D eigenvalue weighted by molar-refractivity contribution is 7.89. The van der Waals surface area contributed by atoms with Gasteiger partial charge in [0, 0.05) is 31.2 Å². The molecule has 2 N–H and O–H groups in total. The van der Waals surface area contributed by atoms with E-state index in [1.54, 1.807) is 0 Å². The first-order valence-corrected chi connectivity index (χ1v) is 11.2. The van der Waals surface area contributed by atoms with Crippen LogP contribution in [0.5, 0.6) is 0 Å². The van der Waals surface area contributed by atoms with Crippen molar-refractivity contribution in [1.29, 1.82) is 0 Å². The largest absolute Gasteiger partial charge is 0.373 e. The van der Waals surface area contributed by atoms with E-state index in [9.17, 15) is 8.42 Å². The number of halogens is 1. The Kier molecular flexibility index (Phi) is 8.34. The van der Waals surface area contributed by atoms with E-state index in [0.717, 1.165) is 5.56 Å². The molecule has 152 valence electrons. The highest BCUT2D eigenvalue weighted by Crippen LogP contribution is 2.14. The van der Waals surface area contributed by atoms with Crippen molar-refractivity contribution in [3.05, 3.63) is 34.9 Å². The summed E-state index contributed by atoms with van der Waals surface area (Å²) in [6.07, 6.45) is -0.176. The van der Waals surface area contributed by atoms with Crippen LogP contribution in [0.4, 0.5) is 0 Å². The van der Waals surface area contributed by atoms with E-state index in [1.807, 2.05) is 45.0 Å². The molecule has 2 rings (SSSR count). The summed E-state index contributed by atoms with van der Waals surface area (Å²) < 4.78 is 32.3. The predicted molar refractivity (Wildman–Crippen MR) is 110 cm³/mol. The summed E-state index contributed by atoms with van der Waals surface area (Å²) in [7, 11) is -3.34. The standard InChI is InChI=1S/C18H29ClN4O3S/c1-4-20-18(22-11-16-5-7-17(19)8-6-16)21-9-10-27(24,25)23-12-14(2)26-15(3)13-23/h5-8,14-15H,4,9-13H2,1-3H3,(H2,20,21,22). The van der Waals surface area contributed by atoms with E-state index in [0.29, 0.717) is 37.2 Å².